The molecule has 1 amide bonds. The monoisotopic (exact) mass is 256 g/mol. The summed E-state index contributed by atoms with van der Waals surface area (Å²) in [6, 6.07) is -0.279. The summed E-state index contributed by atoms with van der Waals surface area (Å²) in [6.07, 6.45) is -5.08. The molecule has 0 saturated carbocycles. The van der Waals surface area contributed by atoms with Crippen LogP contribution in [0, 0.1) is 0 Å². The van der Waals surface area contributed by atoms with Crippen molar-refractivity contribution in [2.45, 2.75) is 44.8 Å². The van der Waals surface area contributed by atoms with E-state index in [1.54, 1.807) is 6.92 Å². The number of rotatable bonds is 6. The Labute approximate surface area is 97.6 Å². The first-order valence-corrected chi connectivity index (χ1v) is 5.30. The number of hydrogen-bond acceptors (Lipinski definition) is 2. The summed E-state index contributed by atoms with van der Waals surface area (Å²) in [5.41, 5.74) is 5.29. The summed E-state index contributed by atoms with van der Waals surface area (Å²) in [4.78, 5) is 11.4. The second-order valence-electron chi connectivity index (χ2n) is 3.46. The predicted molar refractivity (Wildman–Crippen MR) is 58.9 cm³/mol. The lowest BCUT2D eigenvalue weighted by molar-refractivity contribution is -0.144. The molecule has 0 aromatic rings. The largest absolute Gasteiger partial charge is 0.393 e. The summed E-state index contributed by atoms with van der Waals surface area (Å²) < 4.78 is 35.5. The molecule has 0 aromatic carbocycles. The highest BCUT2D eigenvalue weighted by molar-refractivity contribution is 7.80. The highest BCUT2D eigenvalue weighted by Gasteiger charge is 2.28. The lowest BCUT2D eigenvalue weighted by atomic mass is 10.1. The van der Waals surface area contributed by atoms with Crippen LogP contribution in [0.5, 0.6) is 0 Å². The molecule has 0 heterocycles. The number of nitrogens with two attached hydrogens (primary N) is 1. The topological polar surface area (TPSA) is 55.1 Å². The minimum absolute atomic E-state index is 0.239. The smallest absolute Gasteiger partial charge is 0.389 e. The summed E-state index contributed by atoms with van der Waals surface area (Å²) >= 11 is 4.66. The maximum absolute atomic E-state index is 11.8. The van der Waals surface area contributed by atoms with Gasteiger partial charge < -0.3 is 11.1 Å². The fraction of sp³-hybridized carbons (Fsp3) is 0.778. The van der Waals surface area contributed by atoms with Gasteiger partial charge in [-0.15, -0.1) is 0 Å². The molecule has 0 aromatic heterocycles. The van der Waals surface area contributed by atoms with E-state index in [-0.39, 0.29) is 11.0 Å². The average Bonchev–Trinajstić information content (AvgIpc) is 2.12. The number of hydrogen-bond donors (Lipinski definition) is 2. The SMILES string of the molecule is CCC(CC(N)=S)NC(=O)CCC(F)(F)F. The van der Waals surface area contributed by atoms with Crippen molar-refractivity contribution in [1.29, 1.82) is 0 Å². The van der Waals surface area contributed by atoms with Crippen LogP contribution in [0.2, 0.25) is 0 Å². The molecule has 1 atom stereocenters. The van der Waals surface area contributed by atoms with Crippen molar-refractivity contribution in [2.75, 3.05) is 0 Å². The zero-order valence-electron chi connectivity index (χ0n) is 8.93. The van der Waals surface area contributed by atoms with Gasteiger partial charge in [0.25, 0.3) is 0 Å². The Balaban J connectivity index is 3.97. The molecular formula is C9H15F3N2OS. The second-order valence-corrected chi connectivity index (χ2v) is 3.98. The van der Waals surface area contributed by atoms with E-state index in [1.165, 1.54) is 0 Å². The van der Waals surface area contributed by atoms with Gasteiger partial charge in [0.2, 0.25) is 5.91 Å². The number of carbonyl (C=O) groups excluding carboxylic acids is 1. The van der Waals surface area contributed by atoms with Crippen molar-refractivity contribution < 1.29 is 18.0 Å². The van der Waals surface area contributed by atoms with E-state index < -0.39 is 24.9 Å². The molecular weight excluding hydrogens is 241 g/mol. The van der Waals surface area contributed by atoms with Crippen LogP contribution < -0.4 is 11.1 Å². The van der Waals surface area contributed by atoms with Crippen LogP contribution in [0.4, 0.5) is 13.2 Å². The van der Waals surface area contributed by atoms with E-state index in [9.17, 15) is 18.0 Å². The van der Waals surface area contributed by atoms with Crippen molar-refractivity contribution in [3.05, 3.63) is 0 Å². The van der Waals surface area contributed by atoms with E-state index in [1.807, 2.05) is 0 Å². The highest BCUT2D eigenvalue weighted by atomic mass is 32.1. The zero-order chi connectivity index (χ0) is 12.8. The average molecular weight is 256 g/mol. The molecule has 0 aliphatic carbocycles. The molecule has 16 heavy (non-hydrogen) atoms. The number of carbonyl (C=O) groups is 1. The molecule has 7 heteroatoms. The molecule has 0 radical (unpaired) electrons. The highest BCUT2D eigenvalue weighted by Crippen LogP contribution is 2.21. The van der Waals surface area contributed by atoms with Crippen molar-refractivity contribution in [3.8, 4) is 0 Å². The third-order valence-corrected chi connectivity index (χ3v) is 2.11. The Morgan fingerprint density at radius 3 is 2.44 bits per heavy atom. The Kier molecular flexibility index (Phi) is 6.32. The maximum Gasteiger partial charge on any atom is 0.389 e. The third kappa shape index (κ3) is 8.46. The number of nitrogens with one attached hydrogen (secondary N) is 1. The van der Waals surface area contributed by atoms with Crippen molar-refractivity contribution in [1.82, 2.24) is 5.32 Å². The normalized spacial score (nSPS) is 13.2. The van der Waals surface area contributed by atoms with Gasteiger partial charge in [-0.1, -0.05) is 19.1 Å². The van der Waals surface area contributed by atoms with E-state index in [4.69, 9.17) is 5.73 Å². The van der Waals surface area contributed by atoms with Crippen LogP contribution in [-0.4, -0.2) is 23.1 Å². The van der Waals surface area contributed by atoms with Crippen LogP contribution in [0.3, 0.4) is 0 Å². The lowest BCUT2D eigenvalue weighted by Crippen LogP contribution is -2.37. The molecule has 0 aliphatic rings. The van der Waals surface area contributed by atoms with Crippen LogP contribution in [-0.2, 0) is 4.79 Å². The summed E-state index contributed by atoms with van der Waals surface area (Å²) in [5, 5.41) is 2.46. The Hall–Kier alpha value is -0.850. The summed E-state index contributed by atoms with van der Waals surface area (Å²) in [6.45, 7) is 1.80. The molecule has 0 bridgehead atoms. The molecule has 0 saturated heterocycles. The van der Waals surface area contributed by atoms with Crippen LogP contribution in [0.1, 0.15) is 32.6 Å². The van der Waals surface area contributed by atoms with Crippen molar-refractivity contribution >= 4 is 23.1 Å². The van der Waals surface area contributed by atoms with Gasteiger partial charge in [0.05, 0.1) is 11.4 Å². The number of halogens is 3. The molecule has 1 unspecified atom stereocenters. The van der Waals surface area contributed by atoms with Gasteiger partial charge in [-0.25, -0.2) is 0 Å². The molecule has 0 rings (SSSR count). The van der Waals surface area contributed by atoms with E-state index in [2.05, 4.69) is 17.5 Å². The van der Waals surface area contributed by atoms with Gasteiger partial charge >= 0.3 is 6.18 Å². The minimum atomic E-state index is -4.30. The van der Waals surface area contributed by atoms with Gasteiger partial charge in [-0.05, 0) is 6.42 Å². The quantitative estimate of drug-likeness (QED) is 0.714. The maximum atomic E-state index is 11.8. The molecule has 0 aliphatic heterocycles. The Morgan fingerprint density at radius 1 is 1.50 bits per heavy atom. The molecule has 3 N–H and O–H groups in total. The van der Waals surface area contributed by atoms with Gasteiger partial charge in [0, 0.05) is 18.9 Å². The van der Waals surface area contributed by atoms with E-state index in [0.717, 1.165) is 0 Å². The Bertz CT molecular complexity index is 256. The van der Waals surface area contributed by atoms with Crippen molar-refractivity contribution in [2.24, 2.45) is 5.73 Å². The third-order valence-electron chi connectivity index (χ3n) is 1.94. The first-order valence-electron chi connectivity index (χ1n) is 4.89. The first-order chi connectivity index (χ1) is 7.24. The lowest BCUT2D eigenvalue weighted by Gasteiger charge is -2.16. The van der Waals surface area contributed by atoms with Crippen molar-refractivity contribution in [3.63, 3.8) is 0 Å². The zero-order valence-corrected chi connectivity index (χ0v) is 9.75. The fourth-order valence-electron chi connectivity index (χ4n) is 1.10. The van der Waals surface area contributed by atoms with Crippen LogP contribution >= 0.6 is 12.2 Å². The van der Waals surface area contributed by atoms with Gasteiger partial charge in [-0.3, -0.25) is 4.79 Å². The second kappa shape index (κ2) is 6.67. The number of alkyl halides is 3. The van der Waals surface area contributed by atoms with Gasteiger partial charge in [-0.2, -0.15) is 13.2 Å². The Morgan fingerprint density at radius 2 is 2.06 bits per heavy atom. The van der Waals surface area contributed by atoms with Gasteiger partial charge in [0.1, 0.15) is 0 Å². The van der Waals surface area contributed by atoms with E-state index in [0.29, 0.717) is 12.8 Å². The van der Waals surface area contributed by atoms with Crippen LogP contribution in [0.15, 0.2) is 0 Å². The predicted octanol–water partition coefficient (Wildman–Crippen LogP) is 1.90. The fourth-order valence-corrected chi connectivity index (χ4v) is 1.30. The first kappa shape index (κ1) is 15.2. The molecule has 0 fully saturated rings. The molecule has 94 valence electrons. The van der Waals surface area contributed by atoms with Gasteiger partial charge in [0.15, 0.2) is 0 Å². The molecule has 0 spiro atoms. The number of thiocarbonyl (C=S) groups is 1. The standard InChI is InChI=1S/C9H15F3N2OS/c1-2-6(5-7(13)16)14-8(15)3-4-9(10,11)12/h6H,2-5H2,1H3,(H2,13,16)(H,14,15). The molecule has 3 nitrogen and oxygen atoms in total. The number of amides is 1. The minimum Gasteiger partial charge on any atom is -0.393 e. The van der Waals surface area contributed by atoms with Crippen LogP contribution in [0.25, 0.3) is 0 Å². The summed E-state index contributed by atoms with van der Waals surface area (Å²) in [5.74, 6) is -0.625. The van der Waals surface area contributed by atoms with E-state index >= 15 is 0 Å². The summed E-state index contributed by atoms with van der Waals surface area (Å²) in [7, 11) is 0.